The van der Waals surface area contributed by atoms with Crippen LogP contribution < -0.4 is 5.32 Å². The Morgan fingerprint density at radius 1 is 1.25 bits per heavy atom. The summed E-state index contributed by atoms with van der Waals surface area (Å²) >= 11 is 0. The Kier molecular flexibility index (Phi) is 10.1. The van der Waals surface area contributed by atoms with Crippen molar-refractivity contribution in [2.75, 3.05) is 6.61 Å². The molecule has 0 aliphatic carbocycles. The van der Waals surface area contributed by atoms with Crippen molar-refractivity contribution in [3.63, 3.8) is 0 Å². The lowest BCUT2D eigenvalue weighted by molar-refractivity contribution is -0.148. The highest BCUT2D eigenvalue weighted by Crippen LogP contribution is 2.05. The fraction of sp³-hybridized carbons (Fsp3) is 0.786. The normalized spacial score (nSPS) is 12.9. The largest absolute Gasteiger partial charge is 0.450 e. The monoisotopic (exact) mass is 284 g/mol. The molecule has 0 bridgehead atoms. The summed E-state index contributed by atoms with van der Waals surface area (Å²) in [5.41, 5.74) is 0. The molecule has 0 heterocycles. The minimum absolute atomic E-state index is 0.326. The van der Waals surface area contributed by atoms with Crippen LogP contribution in [0.15, 0.2) is 0 Å². The first-order valence-corrected chi connectivity index (χ1v) is 7.08. The molecule has 2 atom stereocenters. The van der Waals surface area contributed by atoms with Crippen LogP contribution in [0.25, 0.3) is 0 Å². The number of hydrogen-bond donors (Lipinski definition) is 1. The fourth-order valence-electron chi connectivity index (χ4n) is 1.43. The lowest BCUT2D eigenvalue weighted by atomic mass is 10.1. The van der Waals surface area contributed by atoms with E-state index in [4.69, 9.17) is 14.7 Å². The smallest absolute Gasteiger partial charge is 0.407 e. The van der Waals surface area contributed by atoms with Crippen LogP contribution in [-0.4, -0.2) is 30.8 Å². The van der Waals surface area contributed by atoms with Gasteiger partial charge in [0.15, 0.2) is 6.10 Å². The molecule has 0 rings (SSSR count). The Hall–Kier alpha value is -1.77. The van der Waals surface area contributed by atoms with Crippen molar-refractivity contribution in [3.8, 4) is 6.07 Å². The van der Waals surface area contributed by atoms with Gasteiger partial charge in [0.05, 0.1) is 6.61 Å². The molecular formula is C14H24N2O4. The van der Waals surface area contributed by atoms with Crippen LogP contribution in [0.2, 0.25) is 0 Å². The fourth-order valence-corrected chi connectivity index (χ4v) is 1.43. The van der Waals surface area contributed by atoms with E-state index in [1.165, 1.54) is 6.92 Å². The van der Waals surface area contributed by atoms with Gasteiger partial charge in [-0.05, 0) is 19.8 Å². The summed E-state index contributed by atoms with van der Waals surface area (Å²) < 4.78 is 9.87. The number of alkyl carbamates (subject to hydrolysis) is 1. The molecule has 6 heteroatoms. The Balaban J connectivity index is 4.36. The maximum absolute atomic E-state index is 11.8. The molecule has 0 aromatic heterocycles. The minimum atomic E-state index is -0.829. The number of hydrogen-bond acceptors (Lipinski definition) is 5. The van der Waals surface area contributed by atoms with E-state index < -0.39 is 24.2 Å². The lowest BCUT2D eigenvalue weighted by Crippen LogP contribution is -2.43. The molecule has 0 aliphatic heterocycles. The van der Waals surface area contributed by atoms with Gasteiger partial charge in [-0.15, -0.1) is 0 Å². The molecule has 0 aromatic rings. The molecule has 1 amide bonds. The van der Waals surface area contributed by atoms with Crippen LogP contribution in [0.3, 0.4) is 0 Å². The van der Waals surface area contributed by atoms with Gasteiger partial charge in [0, 0.05) is 0 Å². The van der Waals surface area contributed by atoms with Gasteiger partial charge in [0.25, 0.3) is 0 Å². The van der Waals surface area contributed by atoms with Gasteiger partial charge in [-0.1, -0.05) is 33.1 Å². The second-order valence-corrected chi connectivity index (χ2v) is 4.54. The SMILES string of the molecule is CCCCOC(=O)N[C@@H](CCCC)C(=O)OC(C)C#N. The molecule has 0 aliphatic rings. The van der Waals surface area contributed by atoms with E-state index in [-0.39, 0.29) is 0 Å². The van der Waals surface area contributed by atoms with E-state index in [9.17, 15) is 9.59 Å². The zero-order valence-corrected chi connectivity index (χ0v) is 12.5. The topological polar surface area (TPSA) is 88.4 Å². The first-order valence-electron chi connectivity index (χ1n) is 7.08. The van der Waals surface area contributed by atoms with Gasteiger partial charge in [-0.25, -0.2) is 9.59 Å². The summed E-state index contributed by atoms with van der Waals surface area (Å²) in [7, 11) is 0. The van der Waals surface area contributed by atoms with Crippen LogP contribution in [0.5, 0.6) is 0 Å². The van der Waals surface area contributed by atoms with E-state index in [0.717, 1.165) is 25.7 Å². The molecule has 0 saturated heterocycles. The first-order chi connectivity index (χ1) is 9.54. The number of amides is 1. The van der Waals surface area contributed by atoms with E-state index in [2.05, 4.69) is 5.32 Å². The minimum Gasteiger partial charge on any atom is -0.450 e. The highest BCUT2D eigenvalue weighted by atomic mass is 16.6. The van der Waals surface area contributed by atoms with E-state index in [1.807, 2.05) is 19.9 Å². The standard InChI is InChI=1S/C14H24N2O4/c1-4-6-8-12(13(17)20-11(3)10-15)16-14(18)19-9-7-5-2/h11-12H,4-9H2,1-3H3,(H,16,18)/t11?,12-/m0/s1. The molecule has 0 saturated carbocycles. The predicted molar refractivity (Wildman–Crippen MR) is 73.9 cm³/mol. The quantitative estimate of drug-likeness (QED) is 0.519. The van der Waals surface area contributed by atoms with Gasteiger partial charge in [-0.3, -0.25) is 0 Å². The maximum atomic E-state index is 11.8. The number of nitriles is 1. The third kappa shape index (κ3) is 8.35. The number of carbonyl (C=O) groups is 2. The van der Waals surface area contributed by atoms with Crippen molar-refractivity contribution in [1.29, 1.82) is 5.26 Å². The molecule has 0 aromatic carbocycles. The Bertz CT molecular complexity index is 339. The predicted octanol–water partition coefficient (Wildman–Crippen LogP) is 2.53. The van der Waals surface area contributed by atoms with E-state index in [0.29, 0.717) is 13.0 Å². The number of rotatable bonds is 9. The Labute approximate surface area is 120 Å². The van der Waals surface area contributed by atoms with Crippen LogP contribution in [-0.2, 0) is 14.3 Å². The van der Waals surface area contributed by atoms with Crippen molar-refractivity contribution in [3.05, 3.63) is 0 Å². The molecule has 0 fully saturated rings. The zero-order valence-electron chi connectivity index (χ0n) is 12.5. The summed E-state index contributed by atoms with van der Waals surface area (Å²) in [6, 6.07) is 1.05. The van der Waals surface area contributed by atoms with E-state index in [1.54, 1.807) is 0 Å². The van der Waals surface area contributed by atoms with Gasteiger partial charge in [0.1, 0.15) is 12.1 Å². The van der Waals surface area contributed by atoms with Crippen LogP contribution in [0, 0.1) is 11.3 Å². The third-order valence-corrected chi connectivity index (χ3v) is 2.63. The number of esters is 1. The van der Waals surface area contributed by atoms with Gasteiger partial charge < -0.3 is 14.8 Å². The maximum Gasteiger partial charge on any atom is 0.407 e. The summed E-state index contributed by atoms with van der Waals surface area (Å²) in [5, 5.41) is 11.1. The third-order valence-electron chi connectivity index (χ3n) is 2.63. The summed E-state index contributed by atoms with van der Waals surface area (Å²) in [6.45, 7) is 5.78. The highest BCUT2D eigenvalue weighted by molar-refractivity contribution is 5.81. The van der Waals surface area contributed by atoms with Gasteiger partial charge in [0.2, 0.25) is 0 Å². The zero-order chi connectivity index (χ0) is 15.4. The average Bonchev–Trinajstić information content (AvgIpc) is 2.43. The molecule has 6 nitrogen and oxygen atoms in total. The van der Waals surface area contributed by atoms with Crippen molar-refractivity contribution in [1.82, 2.24) is 5.32 Å². The average molecular weight is 284 g/mol. The number of ether oxygens (including phenoxy) is 2. The van der Waals surface area contributed by atoms with E-state index >= 15 is 0 Å². The molecule has 1 unspecified atom stereocenters. The lowest BCUT2D eigenvalue weighted by Gasteiger charge is -2.18. The molecule has 0 radical (unpaired) electrons. The van der Waals surface area contributed by atoms with Crippen LogP contribution in [0.1, 0.15) is 52.9 Å². The van der Waals surface area contributed by atoms with Crippen LogP contribution in [0.4, 0.5) is 4.79 Å². The van der Waals surface area contributed by atoms with Crippen LogP contribution >= 0.6 is 0 Å². The van der Waals surface area contributed by atoms with Crippen molar-refractivity contribution in [2.45, 2.75) is 65.0 Å². The highest BCUT2D eigenvalue weighted by Gasteiger charge is 2.24. The van der Waals surface area contributed by atoms with Crippen molar-refractivity contribution in [2.24, 2.45) is 0 Å². The second kappa shape index (κ2) is 11.1. The Morgan fingerprint density at radius 2 is 1.90 bits per heavy atom. The van der Waals surface area contributed by atoms with Gasteiger partial charge in [-0.2, -0.15) is 5.26 Å². The molecular weight excluding hydrogens is 260 g/mol. The number of nitrogens with zero attached hydrogens (tertiary/aromatic N) is 1. The van der Waals surface area contributed by atoms with Gasteiger partial charge >= 0.3 is 12.1 Å². The second-order valence-electron chi connectivity index (χ2n) is 4.54. The molecule has 20 heavy (non-hydrogen) atoms. The summed E-state index contributed by atoms with van der Waals surface area (Å²) in [4.78, 5) is 23.4. The molecule has 0 spiro atoms. The van der Waals surface area contributed by atoms with Crippen molar-refractivity contribution >= 4 is 12.1 Å². The molecule has 1 N–H and O–H groups in total. The Morgan fingerprint density at radius 3 is 2.45 bits per heavy atom. The number of carbonyl (C=O) groups excluding carboxylic acids is 2. The summed E-state index contributed by atoms with van der Waals surface area (Å²) in [6.07, 6.45) is 2.39. The number of nitrogens with one attached hydrogen (secondary N) is 1. The number of unbranched alkanes of at least 4 members (excludes halogenated alkanes) is 2. The van der Waals surface area contributed by atoms with Crippen molar-refractivity contribution < 1.29 is 19.1 Å². The molecule has 114 valence electrons. The summed E-state index contributed by atoms with van der Waals surface area (Å²) in [5.74, 6) is -0.597. The first kappa shape index (κ1) is 18.2.